The minimum Gasteiger partial charge on any atom is -0.378 e. The molecule has 0 atom stereocenters. The normalized spacial score (nSPS) is 17.4. The average molecular weight is 264 g/mol. The van der Waals surface area contributed by atoms with Crippen LogP contribution in [-0.2, 0) is 4.79 Å². The van der Waals surface area contributed by atoms with Crippen molar-refractivity contribution in [2.24, 2.45) is 0 Å². The van der Waals surface area contributed by atoms with Gasteiger partial charge in [-0.15, -0.1) is 0 Å². The minimum atomic E-state index is -0.114. The van der Waals surface area contributed by atoms with E-state index >= 15 is 0 Å². The van der Waals surface area contributed by atoms with Crippen LogP contribution in [-0.4, -0.2) is 24.3 Å². The molecule has 1 aliphatic heterocycles. The van der Waals surface area contributed by atoms with Gasteiger partial charge in [0.1, 0.15) is 4.32 Å². The van der Waals surface area contributed by atoms with Gasteiger partial charge in [-0.1, -0.05) is 36.1 Å². The van der Waals surface area contributed by atoms with Crippen LogP contribution in [0.2, 0.25) is 0 Å². The predicted molar refractivity (Wildman–Crippen MR) is 77.1 cm³/mol. The number of anilines is 1. The number of nitrogens with one attached hydrogen (secondary N) is 1. The molecule has 88 valence electrons. The first kappa shape index (κ1) is 12.1. The molecular formula is C12H12N2OS2. The van der Waals surface area contributed by atoms with E-state index in [0.717, 1.165) is 11.3 Å². The van der Waals surface area contributed by atoms with Crippen molar-refractivity contribution in [1.82, 2.24) is 5.32 Å². The minimum absolute atomic E-state index is 0.114. The number of hydrogen-bond acceptors (Lipinski definition) is 4. The Morgan fingerprint density at radius 2 is 1.94 bits per heavy atom. The monoisotopic (exact) mass is 264 g/mol. The van der Waals surface area contributed by atoms with Crippen LogP contribution >= 0.6 is 24.0 Å². The van der Waals surface area contributed by atoms with Gasteiger partial charge < -0.3 is 10.2 Å². The molecule has 0 spiro atoms. The van der Waals surface area contributed by atoms with E-state index in [-0.39, 0.29) is 5.91 Å². The van der Waals surface area contributed by atoms with E-state index in [4.69, 9.17) is 12.2 Å². The molecule has 17 heavy (non-hydrogen) atoms. The van der Waals surface area contributed by atoms with E-state index in [0.29, 0.717) is 9.23 Å². The van der Waals surface area contributed by atoms with Crippen LogP contribution in [0, 0.1) is 0 Å². The molecule has 1 aromatic carbocycles. The lowest BCUT2D eigenvalue weighted by molar-refractivity contribution is -0.115. The maximum atomic E-state index is 11.5. The van der Waals surface area contributed by atoms with Gasteiger partial charge in [-0.05, 0) is 23.8 Å². The summed E-state index contributed by atoms with van der Waals surface area (Å²) in [7, 11) is 3.98. The molecule has 2 rings (SSSR count). The number of amides is 1. The van der Waals surface area contributed by atoms with E-state index in [2.05, 4.69) is 5.32 Å². The Balaban J connectivity index is 2.21. The molecule has 3 nitrogen and oxygen atoms in total. The van der Waals surface area contributed by atoms with Gasteiger partial charge in [0, 0.05) is 19.8 Å². The summed E-state index contributed by atoms with van der Waals surface area (Å²) in [5.74, 6) is -0.114. The largest absolute Gasteiger partial charge is 0.378 e. The first-order valence-electron chi connectivity index (χ1n) is 5.08. The van der Waals surface area contributed by atoms with Gasteiger partial charge in [0.05, 0.1) is 4.91 Å². The molecule has 5 heteroatoms. The van der Waals surface area contributed by atoms with E-state index in [1.54, 1.807) is 0 Å². The predicted octanol–water partition coefficient (Wildman–Crippen LogP) is 2.24. The van der Waals surface area contributed by atoms with Crippen LogP contribution < -0.4 is 10.2 Å². The lowest BCUT2D eigenvalue weighted by Gasteiger charge is -2.11. The first-order valence-corrected chi connectivity index (χ1v) is 6.31. The Morgan fingerprint density at radius 3 is 2.41 bits per heavy atom. The van der Waals surface area contributed by atoms with Crippen molar-refractivity contribution in [3.63, 3.8) is 0 Å². The van der Waals surface area contributed by atoms with Crippen LogP contribution in [0.3, 0.4) is 0 Å². The molecule has 1 heterocycles. The van der Waals surface area contributed by atoms with E-state index in [1.165, 1.54) is 11.8 Å². The van der Waals surface area contributed by atoms with Gasteiger partial charge in [0.2, 0.25) is 0 Å². The summed E-state index contributed by atoms with van der Waals surface area (Å²) in [6, 6.07) is 8.00. The Bertz CT molecular complexity index is 492. The second kappa shape index (κ2) is 4.89. The third-order valence-corrected chi connectivity index (χ3v) is 3.51. The highest BCUT2D eigenvalue weighted by molar-refractivity contribution is 8.26. The van der Waals surface area contributed by atoms with E-state index in [9.17, 15) is 4.79 Å². The van der Waals surface area contributed by atoms with Crippen molar-refractivity contribution in [3.05, 3.63) is 34.7 Å². The zero-order valence-corrected chi connectivity index (χ0v) is 11.2. The fourth-order valence-electron chi connectivity index (χ4n) is 1.44. The summed E-state index contributed by atoms with van der Waals surface area (Å²) in [5, 5.41) is 2.60. The highest BCUT2D eigenvalue weighted by Gasteiger charge is 2.21. The third kappa shape index (κ3) is 2.87. The highest BCUT2D eigenvalue weighted by Crippen LogP contribution is 2.26. The Kier molecular flexibility index (Phi) is 3.49. The van der Waals surface area contributed by atoms with Crippen molar-refractivity contribution in [2.45, 2.75) is 0 Å². The van der Waals surface area contributed by atoms with Crippen molar-refractivity contribution >= 4 is 46.0 Å². The second-order valence-electron chi connectivity index (χ2n) is 3.84. The van der Waals surface area contributed by atoms with Gasteiger partial charge >= 0.3 is 0 Å². The van der Waals surface area contributed by atoms with Crippen molar-refractivity contribution in [2.75, 3.05) is 19.0 Å². The summed E-state index contributed by atoms with van der Waals surface area (Å²) >= 11 is 6.23. The lowest BCUT2D eigenvalue weighted by atomic mass is 10.2. The third-order valence-electron chi connectivity index (χ3n) is 2.35. The molecule has 1 amide bonds. The number of benzene rings is 1. The average Bonchev–Trinajstić information content (AvgIpc) is 2.58. The van der Waals surface area contributed by atoms with Crippen molar-refractivity contribution in [1.29, 1.82) is 0 Å². The molecule has 1 N–H and O–H groups in total. The Hall–Kier alpha value is -1.33. The zero-order valence-electron chi connectivity index (χ0n) is 9.56. The quantitative estimate of drug-likeness (QED) is 0.656. The molecule has 0 radical (unpaired) electrons. The SMILES string of the molecule is CN(C)c1ccc(/C=C2\SC(=S)NC2=O)cc1. The van der Waals surface area contributed by atoms with Gasteiger partial charge in [-0.2, -0.15) is 0 Å². The Morgan fingerprint density at radius 1 is 1.29 bits per heavy atom. The van der Waals surface area contributed by atoms with Crippen LogP contribution in [0.25, 0.3) is 6.08 Å². The molecule has 0 bridgehead atoms. The number of thiocarbonyl (C=S) groups is 1. The molecule has 0 aromatic heterocycles. The fourth-order valence-corrected chi connectivity index (χ4v) is 2.49. The van der Waals surface area contributed by atoms with Gasteiger partial charge in [0.25, 0.3) is 5.91 Å². The summed E-state index contributed by atoms with van der Waals surface area (Å²) in [6.45, 7) is 0. The second-order valence-corrected chi connectivity index (χ2v) is 5.56. The molecule has 1 saturated heterocycles. The molecule has 1 fully saturated rings. The number of rotatable bonds is 2. The highest BCUT2D eigenvalue weighted by atomic mass is 32.2. The number of thioether (sulfide) groups is 1. The molecule has 1 aromatic rings. The molecule has 1 aliphatic rings. The molecule has 0 aliphatic carbocycles. The van der Waals surface area contributed by atoms with Gasteiger partial charge in [0.15, 0.2) is 0 Å². The van der Waals surface area contributed by atoms with Crippen LogP contribution in [0.5, 0.6) is 0 Å². The number of carbonyl (C=O) groups excluding carboxylic acids is 1. The van der Waals surface area contributed by atoms with Crippen LogP contribution in [0.4, 0.5) is 5.69 Å². The van der Waals surface area contributed by atoms with Crippen molar-refractivity contribution < 1.29 is 4.79 Å². The maximum Gasteiger partial charge on any atom is 0.263 e. The van der Waals surface area contributed by atoms with Crippen LogP contribution in [0.1, 0.15) is 5.56 Å². The number of carbonyl (C=O) groups is 1. The molecular weight excluding hydrogens is 252 g/mol. The topological polar surface area (TPSA) is 32.3 Å². The fraction of sp³-hybridized carbons (Fsp3) is 0.167. The molecule has 0 unspecified atom stereocenters. The first-order chi connectivity index (χ1) is 8.06. The van der Waals surface area contributed by atoms with Gasteiger partial charge in [-0.25, -0.2) is 0 Å². The summed E-state index contributed by atoms with van der Waals surface area (Å²) in [6.07, 6.45) is 1.85. The van der Waals surface area contributed by atoms with Gasteiger partial charge in [-0.3, -0.25) is 4.79 Å². The number of nitrogens with zero attached hydrogens (tertiary/aromatic N) is 1. The maximum absolute atomic E-state index is 11.5. The standard InChI is InChI=1S/C12H12N2OS2/c1-14(2)9-5-3-8(4-6-9)7-10-11(15)13-12(16)17-10/h3-7H,1-2H3,(H,13,15,16)/b10-7-. The van der Waals surface area contributed by atoms with Crippen LogP contribution in [0.15, 0.2) is 29.2 Å². The molecule has 0 saturated carbocycles. The van der Waals surface area contributed by atoms with E-state index in [1.807, 2.05) is 49.3 Å². The summed E-state index contributed by atoms with van der Waals surface area (Å²) in [5.41, 5.74) is 2.13. The summed E-state index contributed by atoms with van der Waals surface area (Å²) < 4.78 is 0.520. The lowest BCUT2D eigenvalue weighted by Crippen LogP contribution is -2.17. The number of hydrogen-bond donors (Lipinski definition) is 1. The Labute approximate surface area is 110 Å². The van der Waals surface area contributed by atoms with Crippen molar-refractivity contribution in [3.8, 4) is 0 Å². The van der Waals surface area contributed by atoms with E-state index < -0.39 is 0 Å². The smallest absolute Gasteiger partial charge is 0.263 e. The summed E-state index contributed by atoms with van der Waals surface area (Å²) in [4.78, 5) is 14.1. The zero-order chi connectivity index (χ0) is 12.4.